The van der Waals surface area contributed by atoms with Crippen LogP contribution in [0.15, 0.2) is 70.3 Å². The first-order valence-electron chi connectivity index (χ1n) is 12.0. The number of halogens is 2. The molecule has 0 amide bonds. The van der Waals surface area contributed by atoms with Crippen LogP contribution in [-0.2, 0) is 6.61 Å². The minimum atomic E-state index is -0.628. The van der Waals surface area contributed by atoms with Gasteiger partial charge in [-0.15, -0.1) is 10.2 Å². The maximum atomic E-state index is 14.1. The lowest BCUT2D eigenvalue weighted by Gasteiger charge is -2.19. The lowest BCUT2D eigenvalue weighted by Crippen LogP contribution is -2.12. The first kappa shape index (κ1) is 28.4. The SMILES string of the molecule is CCOc1cc([C@H](C[N+](=O)[O-])Sc2nnc(C)n2-c2ccc(OC)cc2)cc(Br)c1OCc1ccccc1F. The largest absolute Gasteiger partial charge is 0.497 e. The Morgan fingerprint density at radius 1 is 1.13 bits per heavy atom. The second-order valence-corrected chi connectivity index (χ2v) is 10.4. The molecule has 1 aromatic heterocycles. The van der Waals surface area contributed by atoms with Gasteiger partial charge in [0.25, 0.3) is 0 Å². The fourth-order valence-electron chi connectivity index (χ4n) is 3.86. The van der Waals surface area contributed by atoms with E-state index in [9.17, 15) is 14.5 Å². The molecule has 4 aromatic rings. The number of nitro groups is 1. The zero-order valence-electron chi connectivity index (χ0n) is 21.5. The van der Waals surface area contributed by atoms with Crippen molar-refractivity contribution in [3.8, 4) is 22.9 Å². The maximum absolute atomic E-state index is 14.1. The van der Waals surface area contributed by atoms with Crippen LogP contribution in [0.1, 0.15) is 29.1 Å². The van der Waals surface area contributed by atoms with Gasteiger partial charge >= 0.3 is 0 Å². The van der Waals surface area contributed by atoms with Crippen molar-refractivity contribution in [3.05, 3.63) is 98.0 Å². The second-order valence-electron chi connectivity index (χ2n) is 8.33. The van der Waals surface area contributed by atoms with E-state index >= 15 is 0 Å². The molecule has 0 N–H and O–H groups in total. The smallest absolute Gasteiger partial charge is 0.220 e. The number of aryl methyl sites for hydroxylation is 1. The number of hydrogen-bond acceptors (Lipinski definition) is 8. The number of rotatable bonds is 12. The molecule has 0 saturated heterocycles. The van der Waals surface area contributed by atoms with Gasteiger partial charge in [-0.3, -0.25) is 14.7 Å². The van der Waals surface area contributed by atoms with Crippen molar-refractivity contribution in [2.45, 2.75) is 30.9 Å². The number of aromatic nitrogens is 3. The monoisotopic (exact) mass is 616 g/mol. The third kappa shape index (κ3) is 6.87. The molecule has 39 heavy (non-hydrogen) atoms. The van der Waals surface area contributed by atoms with Gasteiger partial charge in [-0.05, 0) is 77.8 Å². The number of benzene rings is 3. The van der Waals surface area contributed by atoms with Crippen LogP contribution < -0.4 is 14.2 Å². The Morgan fingerprint density at radius 2 is 1.87 bits per heavy atom. The van der Waals surface area contributed by atoms with Crippen molar-refractivity contribution in [3.63, 3.8) is 0 Å². The van der Waals surface area contributed by atoms with Gasteiger partial charge in [0.1, 0.15) is 29.2 Å². The van der Waals surface area contributed by atoms with Crippen LogP contribution in [0.25, 0.3) is 5.69 Å². The molecule has 0 aliphatic heterocycles. The molecule has 0 aliphatic rings. The Kier molecular flexibility index (Phi) is 9.41. The van der Waals surface area contributed by atoms with Crippen LogP contribution in [0.4, 0.5) is 4.39 Å². The molecule has 4 rings (SSSR count). The molecule has 1 atom stereocenters. The molecule has 0 bridgehead atoms. The summed E-state index contributed by atoms with van der Waals surface area (Å²) < 4.78 is 33.5. The van der Waals surface area contributed by atoms with Crippen LogP contribution in [0.5, 0.6) is 17.2 Å². The fourth-order valence-corrected chi connectivity index (χ4v) is 5.59. The molecule has 0 saturated carbocycles. The summed E-state index contributed by atoms with van der Waals surface area (Å²) >= 11 is 4.75. The van der Waals surface area contributed by atoms with Gasteiger partial charge in [-0.2, -0.15) is 0 Å². The Morgan fingerprint density at radius 3 is 2.54 bits per heavy atom. The third-order valence-electron chi connectivity index (χ3n) is 5.72. The summed E-state index contributed by atoms with van der Waals surface area (Å²) in [4.78, 5) is 11.3. The van der Waals surface area contributed by atoms with Gasteiger partial charge in [0.2, 0.25) is 6.54 Å². The number of hydrogen-bond donors (Lipinski definition) is 0. The average molecular weight is 617 g/mol. The predicted molar refractivity (Wildman–Crippen MR) is 149 cm³/mol. The second kappa shape index (κ2) is 12.9. The molecule has 12 heteroatoms. The van der Waals surface area contributed by atoms with Crippen molar-refractivity contribution >= 4 is 27.7 Å². The molecule has 0 aliphatic carbocycles. The Balaban J connectivity index is 1.67. The van der Waals surface area contributed by atoms with Gasteiger partial charge < -0.3 is 14.2 Å². The number of methoxy groups -OCH3 is 1. The summed E-state index contributed by atoms with van der Waals surface area (Å²) in [6.45, 7) is 3.60. The highest BCUT2D eigenvalue weighted by molar-refractivity contribution is 9.10. The standard InChI is InChI=1S/C27H26BrFN4O5S/c1-4-37-24-14-19(13-22(28)26(24)38-16-18-7-5-6-8-23(18)29)25(15-32(34)35)39-27-31-30-17(2)33(27)20-9-11-21(36-3)12-10-20/h5-14,25H,4,15-16H2,1-3H3/t25-/m0/s1. The summed E-state index contributed by atoms with van der Waals surface area (Å²) in [5, 5.41) is 20.1. The Bertz CT molecular complexity index is 1450. The topological polar surface area (TPSA) is 102 Å². The van der Waals surface area contributed by atoms with E-state index in [1.165, 1.54) is 17.8 Å². The molecule has 0 fully saturated rings. The molecule has 0 spiro atoms. The van der Waals surface area contributed by atoms with E-state index in [4.69, 9.17) is 14.2 Å². The molecular formula is C27H26BrFN4O5S. The van der Waals surface area contributed by atoms with Crippen LogP contribution in [0, 0.1) is 22.9 Å². The van der Waals surface area contributed by atoms with E-state index in [1.807, 2.05) is 42.7 Å². The van der Waals surface area contributed by atoms with Crippen molar-refractivity contribution in [2.24, 2.45) is 0 Å². The van der Waals surface area contributed by atoms with Crippen LogP contribution >= 0.6 is 27.7 Å². The highest BCUT2D eigenvalue weighted by Gasteiger charge is 2.26. The molecular weight excluding hydrogens is 591 g/mol. The van der Waals surface area contributed by atoms with Crippen molar-refractivity contribution in [1.29, 1.82) is 0 Å². The zero-order chi connectivity index (χ0) is 27.9. The summed E-state index contributed by atoms with van der Waals surface area (Å²) in [5.41, 5.74) is 1.83. The Hall–Kier alpha value is -3.64. The number of nitrogens with zero attached hydrogens (tertiary/aromatic N) is 4. The van der Waals surface area contributed by atoms with E-state index in [1.54, 1.807) is 37.4 Å². The zero-order valence-corrected chi connectivity index (χ0v) is 23.9. The Labute approximate surface area is 237 Å². The first-order chi connectivity index (χ1) is 18.8. The highest BCUT2D eigenvalue weighted by Crippen LogP contribution is 2.43. The average Bonchev–Trinajstić information content (AvgIpc) is 3.28. The van der Waals surface area contributed by atoms with Gasteiger partial charge in [-0.1, -0.05) is 30.0 Å². The van der Waals surface area contributed by atoms with Crippen molar-refractivity contribution < 1.29 is 23.5 Å². The van der Waals surface area contributed by atoms with E-state index in [0.717, 1.165) is 5.69 Å². The minimum absolute atomic E-state index is 0.0119. The fraction of sp³-hybridized carbons (Fsp3) is 0.259. The molecule has 0 unspecified atom stereocenters. The summed E-state index contributed by atoms with van der Waals surface area (Å²) in [5.74, 6) is 1.74. The molecule has 1 heterocycles. The molecule has 3 aromatic carbocycles. The molecule has 0 radical (unpaired) electrons. The van der Waals surface area contributed by atoms with Crippen molar-refractivity contribution in [1.82, 2.24) is 14.8 Å². The van der Waals surface area contributed by atoms with Gasteiger partial charge in [0, 0.05) is 16.2 Å². The van der Waals surface area contributed by atoms with E-state index in [0.29, 0.717) is 50.4 Å². The quantitative estimate of drug-likeness (QED) is 0.1000. The van der Waals surface area contributed by atoms with Crippen molar-refractivity contribution in [2.75, 3.05) is 20.3 Å². The van der Waals surface area contributed by atoms with Crippen LogP contribution in [-0.4, -0.2) is 39.9 Å². The van der Waals surface area contributed by atoms with E-state index in [-0.39, 0.29) is 23.9 Å². The molecule has 204 valence electrons. The normalized spacial score (nSPS) is 11.7. The van der Waals surface area contributed by atoms with Gasteiger partial charge in [0.15, 0.2) is 16.7 Å². The number of thioether (sulfide) groups is 1. The highest BCUT2D eigenvalue weighted by atomic mass is 79.9. The summed E-state index contributed by atoms with van der Waals surface area (Å²) in [7, 11) is 1.59. The van der Waals surface area contributed by atoms with E-state index in [2.05, 4.69) is 26.1 Å². The number of ether oxygens (including phenoxy) is 3. The predicted octanol–water partition coefficient (Wildman–Crippen LogP) is 6.57. The van der Waals surface area contributed by atoms with Crippen LogP contribution in [0.2, 0.25) is 0 Å². The van der Waals surface area contributed by atoms with Gasteiger partial charge in [0.05, 0.1) is 18.2 Å². The lowest BCUT2D eigenvalue weighted by molar-refractivity contribution is -0.479. The maximum Gasteiger partial charge on any atom is 0.220 e. The first-order valence-corrected chi connectivity index (χ1v) is 13.6. The summed E-state index contributed by atoms with van der Waals surface area (Å²) in [6.07, 6.45) is 0. The summed E-state index contributed by atoms with van der Waals surface area (Å²) in [6, 6.07) is 17.2. The van der Waals surface area contributed by atoms with Crippen LogP contribution in [0.3, 0.4) is 0 Å². The van der Waals surface area contributed by atoms with Gasteiger partial charge in [-0.25, -0.2) is 4.39 Å². The van der Waals surface area contributed by atoms with E-state index < -0.39 is 5.25 Å². The minimum Gasteiger partial charge on any atom is -0.497 e. The third-order valence-corrected chi connectivity index (χ3v) is 7.49. The lowest BCUT2D eigenvalue weighted by atomic mass is 10.1. The molecule has 9 nitrogen and oxygen atoms in total.